The molecular weight excluding hydrogens is 360 g/mol. The molecule has 4 nitrogen and oxygen atoms in total. The molecular formula is C20H18N4S2. The Bertz CT molecular complexity index is 1100. The first kappa shape index (κ1) is 16.8. The van der Waals surface area contributed by atoms with Crippen LogP contribution in [0.25, 0.3) is 10.6 Å². The van der Waals surface area contributed by atoms with Gasteiger partial charge < -0.3 is 4.98 Å². The summed E-state index contributed by atoms with van der Waals surface area (Å²) in [5, 5.41) is 8.89. The third-order valence-electron chi connectivity index (χ3n) is 4.19. The Morgan fingerprint density at radius 1 is 1.04 bits per heavy atom. The molecule has 0 aliphatic heterocycles. The van der Waals surface area contributed by atoms with Gasteiger partial charge in [-0.15, -0.1) is 22.7 Å². The van der Waals surface area contributed by atoms with Crippen molar-refractivity contribution in [2.45, 2.75) is 13.8 Å². The van der Waals surface area contributed by atoms with Gasteiger partial charge >= 0.3 is 0 Å². The van der Waals surface area contributed by atoms with Crippen LogP contribution in [0.2, 0.25) is 0 Å². The maximum Gasteiger partial charge on any atom is 0.211 e. The van der Waals surface area contributed by atoms with Crippen LogP contribution in [-0.4, -0.2) is 15.9 Å². The summed E-state index contributed by atoms with van der Waals surface area (Å²) in [4.78, 5) is 10.1. The van der Waals surface area contributed by atoms with Crippen LogP contribution < -0.4 is 4.80 Å². The van der Waals surface area contributed by atoms with E-state index in [-0.39, 0.29) is 0 Å². The lowest BCUT2D eigenvalue weighted by Gasteiger charge is -2.04. The van der Waals surface area contributed by atoms with Crippen LogP contribution in [0.15, 0.2) is 69.5 Å². The van der Waals surface area contributed by atoms with Crippen LogP contribution >= 0.6 is 22.7 Å². The smallest absolute Gasteiger partial charge is 0.211 e. The molecule has 0 bridgehead atoms. The second kappa shape index (κ2) is 7.27. The van der Waals surface area contributed by atoms with E-state index in [1.165, 1.54) is 16.0 Å². The van der Waals surface area contributed by atoms with Gasteiger partial charge in [0, 0.05) is 11.6 Å². The van der Waals surface area contributed by atoms with Crippen LogP contribution in [0.5, 0.6) is 0 Å². The summed E-state index contributed by atoms with van der Waals surface area (Å²) >= 11 is 3.30. The van der Waals surface area contributed by atoms with Crippen molar-refractivity contribution in [1.82, 2.24) is 9.66 Å². The molecule has 0 unspecified atom stereocenters. The van der Waals surface area contributed by atoms with Gasteiger partial charge in [-0.25, -0.2) is 9.67 Å². The zero-order valence-corrected chi connectivity index (χ0v) is 16.1. The molecule has 4 aromatic rings. The molecule has 0 radical (unpaired) electrons. The zero-order valence-electron chi connectivity index (χ0n) is 14.5. The van der Waals surface area contributed by atoms with Gasteiger partial charge in [-0.2, -0.15) is 5.10 Å². The Kier molecular flexibility index (Phi) is 4.69. The molecule has 0 atom stereocenters. The van der Waals surface area contributed by atoms with Crippen molar-refractivity contribution in [1.29, 1.82) is 0 Å². The van der Waals surface area contributed by atoms with E-state index < -0.39 is 0 Å². The first-order chi connectivity index (χ1) is 12.7. The minimum absolute atomic E-state index is 0.852. The highest BCUT2D eigenvalue weighted by Gasteiger charge is 2.09. The normalized spacial score (nSPS) is 12.3. The van der Waals surface area contributed by atoms with E-state index in [4.69, 9.17) is 10.1 Å². The quantitative estimate of drug-likeness (QED) is 0.466. The molecule has 0 saturated carbocycles. The average Bonchev–Trinajstić information content (AvgIpc) is 3.38. The Morgan fingerprint density at radius 3 is 2.73 bits per heavy atom. The number of nitrogens with one attached hydrogen (secondary N) is 1. The lowest BCUT2D eigenvalue weighted by atomic mass is 10.1. The highest BCUT2D eigenvalue weighted by Crippen LogP contribution is 2.26. The predicted molar refractivity (Wildman–Crippen MR) is 111 cm³/mol. The number of H-pyrrole nitrogens is 1. The largest absolute Gasteiger partial charge is 0.360 e. The molecule has 130 valence electrons. The summed E-state index contributed by atoms with van der Waals surface area (Å²) in [5.74, 6) is 0. The van der Waals surface area contributed by atoms with Crippen LogP contribution in [0, 0.1) is 13.8 Å². The molecule has 0 aliphatic carbocycles. The highest BCUT2D eigenvalue weighted by atomic mass is 32.1. The number of hydrogen-bond acceptors (Lipinski definition) is 4. The maximum absolute atomic E-state index is 4.89. The van der Waals surface area contributed by atoms with Crippen molar-refractivity contribution in [2.75, 3.05) is 0 Å². The van der Waals surface area contributed by atoms with Crippen molar-refractivity contribution < 1.29 is 0 Å². The van der Waals surface area contributed by atoms with E-state index in [0.29, 0.717) is 0 Å². The highest BCUT2D eigenvalue weighted by molar-refractivity contribution is 7.14. The minimum Gasteiger partial charge on any atom is -0.360 e. The van der Waals surface area contributed by atoms with E-state index >= 15 is 0 Å². The molecule has 0 amide bonds. The minimum atomic E-state index is 0.852. The summed E-state index contributed by atoms with van der Waals surface area (Å²) in [6, 6.07) is 14.3. The van der Waals surface area contributed by atoms with Gasteiger partial charge in [-0.05, 0) is 54.6 Å². The lowest BCUT2D eigenvalue weighted by Crippen LogP contribution is -2.11. The van der Waals surface area contributed by atoms with E-state index in [0.717, 1.165) is 21.9 Å². The van der Waals surface area contributed by atoms with Crippen LogP contribution in [0.3, 0.4) is 0 Å². The number of thiophene rings is 1. The molecule has 1 N–H and O–H groups in total. The van der Waals surface area contributed by atoms with Gasteiger partial charge in [0.05, 0.1) is 28.2 Å². The molecule has 1 aromatic carbocycles. The number of aromatic nitrogens is 2. The van der Waals surface area contributed by atoms with Crippen molar-refractivity contribution >= 4 is 34.6 Å². The molecule has 4 rings (SSSR count). The van der Waals surface area contributed by atoms with Gasteiger partial charge in [0.1, 0.15) is 0 Å². The Balaban J connectivity index is 1.87. The first-order valence-electron chi connectivity index (χ1n) is 8.25. The van der Waals surface area contributed by atoms with Crippen molar-refractivity contribution in [3.8, 4) is 10.6 Å². The SMILES string of the molecule is Cc1cccc(N=c2scc(-c3cccs3)n2N=Cc2ccc[nH]2)c1C. The summed E-state index contributed by atoms with van der Waals surface area (Å²) in [6.07, 6.45) is 3.72. The fraction of sp³-hybridized carbons (Fsp3) is 0.100. The van der Waals surface area contributed by atoms with Crippen molar-refractivity contribution in [3.05, 3.63) is 81.0 Å². The number of thiazole rings is 1. The zero-order chi connectivity index (χ0) is 17.9. The summed E-state index contributed by atoms with van der Waals surface area (Å²) < 4.78 is 1.92. The maximum atomic E-state index is 4.89. The molecule has 26 heavy (non-hydrogen) atoms. The number of nitrogens with zero attached hydrogens (tertiary/aromatic N) is 3. The topological polar surface area (TPSA) is 45.4 Å². The monoisotopic (exact) mass is 378 g/mol. The van der Waals surface area contributed by atoms with Crippen molar-refractivity contribution in [2.24, 2.45) is 10.1 Å². The van der Waals surface area contributed by atoms with Gasteiger partial charge in [-0.1, -0.05) is 18.2 Å². The molecule has 0 saturated heterocycles. The van der Waals surface area contributed by atoms with E-state index in [2.05, 4.69) is 47.8 Å². The first-order valence-corrected chi connectivity index (χ1v) is 10.0. The summed E-state index contributed by atoms with van der Waals surface area (Å²) in [5.41, 5.74) is 5.42. The van der Waals surface area contributed by atoms with Gasteiger partial charge in [-0.3, -0.25) is 0 Å². The molecule has 3 aromatic heterocycles. The van der Waals surface area contributed by atoms with E-state index in [1.54, 1.807) is 22.7 Å². The number of rotatable bonds is 4. The average molecular weight is 379 g/mol. The second-order valence-electron chi connectivity index (χ2n) is 5.89. The van der Waals surface area contributed by atoms with Gasteiger partial charge in [0.25, 0.3) is 0 Å². The van der Waals surface area contributed by atoms with Gasteiger partial charge in [0.15, 0.2) is 0 Å². The second-order valence-corrected chi connectivity index (χ2v) is 7.68. The Labute approximate surface area is 159 Å². The predicted octanol–water partition coefficient (Wildman–Crippen LogP) is 5.34. The fourth-order valence-corrected chi connectivity index (χ4v) is 4.23. The summed E-state index contributed by atoms with van der Waals surface area (Å²) in [7, 11) is 0. The van der Waals surface area contributed by atoms with Crippen LogP contribution in [-0.2, 0) is 0 Å². The van der Waals surface area contributed by atoms with Crippen LogP contribution in [0.4, 0.5) is 5.69 Å². The van der Waals surface area contributed by atoms with Gasteiger partial charge in [0.2, 0.25) is 4.80 Å². The third-order valence-corrected chi connectivity index (χ3v) is 5.89. The lowest BCUT2D eigenvalue weighted by molar-refractivity contribution is 0.855. The number of aryl methyl sites for hydroxylation is 1. The Morgan fingerprint density at radius 2 is 1.96 bits per heavy atom. The summed E-state index contributed by atoms with van der Waals surface area (Å²) in [6.45, 7) is 4.21. The molecule has 0 aliphatic rings. The third kappa shape index (κ3) is 3.34. The number of aromatic amines is 1. The molecule has 0 spiro atoms. The Hall–Kier alpha value is -2.70. The molecule has 6 heteroatoms. The number of benzene rings is 1. The van der Waals surface area contributed by atoms with E-state index in [9.17, 15) is 0 Å². The van der Waals surface area contributed by atoms with Crippen molar-refractivity contribution in [3.63, 3.8) is 0 Å². The standard InChI is InChI=1S/C20H18N4S2/c1-14-6-3-8-17(15(14)2)23-20-24(22-12-16-7-4-10-21-16)18(13-26-20)19-9-5-11-25-19/h3-13,21H,1-2H3. The van der Waals surface area contributed by atoms with E-state index in [1.807, 2.05) is 41.4 Å². The molecule has 3 heterocycles. The number of hydrogen-bond donors (Lipinski definition) is 1. The molecule has 0 fully saturated rings. The fourth-order valence-electron chi connectivity index (χ4n) is 2.59. The van der Waals surface area contributed by atoms with Crippen LogP contribution in [0.1, 0.15) is 16.8 Å².